The lowest BCUT2D eigenvalue weighted by Gasteiger charge is -2.25. The number of carbonyl (C=O) groups is 2. The number of carbonyl (C=O) groups excluding carboxylic acids is 2. The van der Waals surface area contributed by atoms with Crippen LogP contribution in [0.25, 0.3) is 0 Å². The second-order valence-corrected chi connectivity index (χ2v) is 7.19. The maximum atomic E-state index is 12.7. The molecule has 0 bridgehead atoms. The Labute approximate surface area is 162 Å². The summed E-state index contributed by atoms with van der Waals surface area (Å²) in [6.07, 6.45) is 0.713. The van der Waals surface area contributed by atoms with Crippen molar-refractivity contribution in [1.82, 2.24) is 19.7 Å². The van der Waals surface area contributed by atoms with Crippen LogP contribution < -0.4 is 10.1 Å². The summed E-state index contributed by atoms with van der Waals surface area (Å²) in [5.74, 6) is 2.15. The van der Waals surface area contributed by atoms with E-state index in [0.29, 0.717) is 43.5 Å². The summed E-state index contributed by atoms with van der Waals surface area (Å²) in [5, 5.41) is 11.2. The quantitative estimate of drug-likeness (QED) is 0.818. The first kappa shape index (κ1) is 18.4. The molecule has 148 valence electrons. The smallest absolute Gasteiger partial charge is 0.293 e. The molecule has 1 saturated heterocycles. The van der Waals surface area contributed by atoms with Crippen LogP contribution in [0, 0.1) is 11.8 Å². The minimum absolute atomic E-state index is 0.00476. The lowest BCUT2D eigenvalue weighted by molar-refractivity contribution is -0.134. The Hall–Kier alpha value is -2.94. The maximum absolute atomic E-state index is 12.7. The van der Waals surface area contributed by atoms with Crippen molar-refractivity contribution in [2.75, 3.05) is 39.2 Å². The molecule has 1 fully saturated rings. The molecule has 0 aliphatic carbocycles. The lowest BCUT2D eigenvalue weighted by atomic mass is 9.89. The van der Waals surface area contributed by atoms with E-state index in [1.165, 1.54) is 7.11 Å². The fourth-order valence-corrected chi connectivity index (χ4v) is 3.97. The van der Waals surface area contributed by atoms with Crippen molar-refractivity contribution in [3.63, 3.8) is 0 Å². The molecule has 0 saturated carbocycles. The monoisotopic (exact) mass is 385 g/mol. The molecule has 0 unspecified atom stereocenters. The van der Waals surface area contributed by atoms with Crippen LogP contribution in [0.3, 0.4) is 0 Å². The molecule has 2 aliphatic rings. The number of aromatic nitrogens is 3. The van der Waals surface area contributed by atoms with E-state index in [0.717, 1.165) is 11.6 Å². The van der Waals surface area contributed by atoms with Gasteiger partial charge in [-0.2, -0.15) is 0 Å². The number of hydrogen-bond acceptors (Lipinski definition) is 6. The highest BCUT2D eigenvalue weighted by atomic mass is 16.5. The van der Waals surface area contributed by atoms with Gasteiger partial charge < -0.3 is 24.3 Å². The van der Waals surface area contributed by atoms with Gasteiger partial charge in [0.15, 0.2) is 0 Å². The molecule has 2 aliphatic heterocycles. The van der Waals surface area contributed by atoms with Crippen molar-refractivity contribution in [1.29, 1.82) is 0 Å². The molecule has 1 aromatic heterocycles. The molecule has 2 aromatic rings. The number of ether oxygens (including phenoxy) is 2. The number of nitrogens with zero attached hydrogens (tertiary/aromatic N) is 4. The van der Waals surface area contributed by atoms with Crippen LogP contribution in [-0.2, 0) is 22.5 Å². The summed E-state index contributed by atoms with van der Waals surface area (Å²) < 4.78 is 12.0. The number of fused-ring (bicyclic) bond motifs is 2. The van der Waals surface area contributed by atoms with Gasteiger partial charge in [-0.15, -0.1) is 10.2 Å². The third kappa shape index (κ3) is 3.45. The largest absolute Gasteiger partial charge is 0.497 e. The highest BCUT2D eigenvalue weighted by molar-refractivity contribution is 6.01. The summed E-state index contributed by atoms with van der Waals surface area (Å²) >= 11 is 0. The van der Waals surface area contributed by atoms with Gasteiger partial charge in [0.25, 0.3) is 5.91 Å². The van der Waals surface area contributed by atoms with E-state index >= 15 is 0 Å². The average molecular weight is 385 g/mol. The van der Waals surface area contributed by atoms with Crippen molar-refractivity contribution < 1.29 is 19.1 Å². The predicted molar refractivity (Wildman–Crippen MR) is 100 cm³/mol. The zero-order chi connectivity index (χ0) is 19.7. The first-order valence-electron chi connectivity index (χ1n) is 9.23. The van der Waals surface area contributed by atoms with Crippen LogP contribution in [0.1, 0.15) is 16.4 Å². The Bertz CT molecular complexity index is 879. The van der Waals surface area contributed by atoms with Crippen molar-refractivity contribution >= 4 is 17.5 Å². The molecule has 2 amide bonds. The van der Waals surface area contributed by atoms with E-state index in [2.05, 4.69) is 15.5 Å². The summed E-state index contributed by atoms with van der Waals surface area (Å²) in [6.45, 7) is 2.10. The van der Waals surface area contributed by atoms with E-state index in [4.69, 9.17) is 9.47 Å². The Morgan fingerprint density at radius 2 is 1.86 bits per heavy atom. The van der Waals surface area contributed by atoms with Gasteiger partial charge in [0.1, 0.15) is 18.2 Å². The van der Waals surface area contributed by atoms with E-state index in [9.17, 15) is 9.59 Å². The zero-order valence-corrected chi connectivity index (χ0v) is 15.9. The summed E-state index contributed by atoms with van der Waals surface area (Å²) in [4.78, 5) is 26.7. The minimum atomic E-state index is -0.298. The second kappa shape index (κ2) is 7.59. The van der Waals surface area contributed by atoms with Gasteiger partial charge >= 0.3 is 0 Å². The van der Waals surface area contributed by atoms with Gasteiger partial charge in [0.2, 0.25) is 11.7 Å². The lowest BCUT2D eigenvalue weighted by Crippen LogP contribution is -2.32. The summed E-state index contributed by atoms with van der Waals surface area (Å²) in [7, 11) is 3.12. The van der Waals surface area contributed by atoms with E-state index in [-0.39, 0.29) is 24.3 Å². The first-order chi connectivity index (χ1) is 13.6. The molecule has 9 nitrogen and oxygen atoms in total. The Balaban J connectivity index is 1.46. The van der Waals surface area contributed by atoms with Gasteiger partial charge in [0, 0.05) is 38.9 Å². The molecular weight excluding hydrogens is 362 g/mol. The highest BCUT2D eigenvalue weighted by Crippen LogP contribution is 2.32. The Morgan fingerprint density at radius 1 is 1.11 bits per heavy atom. The van der Waals surface area contributed by atoms with Crippen molar-refractivity contribution in [2.45, 2.75) is 13.0 Å². The minimum Gasteiger partial charge on any atom is -0.497 e. The first-order valence-corrected chi connectivity index (χ1v) is 9.23. The van der Waals surface area contributed by atoms with Crippen molar-refractivity contribution in [2.24, 2.45) is 11.8 Å². The number of methoxy groups -OCH3 is 2. The molecule has 1 aromatic carbocycles. The van der Waals surface area contributed by atoms with Crippen LogP contribution in [-0.4, -0.2) is 65.4 Å². The SMILES string of the molecule is COCC(=O)N1C[C@@H]2Cc3nnc(C(=O)Nc4ccc(OC)cc4)n3C[C@@H]2C1. The molecule has 28 heavy (non-hydrogen) atoms. The van der Waals surface area contributed by atoms with Crippen LogP contribution in [0.2, 0.25) is 0 Å². The summed E-state index contributed by atoms with van der Waals surface area (Å²) in [5.41, 5.74) is 0.661. The van der Waals surface area contributed by atoms with Gasteiger partial charge in [0.05, 0.1) is 7.11 Å². The van der Waals surface area contributed by atoms with Gasteiger partial charge in [-0.3, -0.25) is 9.59 Å². The number of rotatable bonds is 5. The van der Waals surface area contributed by atoms with Crippen molar-refractivity contribution in [3.8, 4) is 5.75 Å². The molecule has 2 atom stereocenters. The molecular formula is C19H23N5O4. The number of anilines is 1. The van der Waals surface area contributed by atoms with Crippen LogP contribution >= 0.6 is 0 Å². The molecule has 1 N–H and O–H groups in total. The van der Waals surface area contributed by atoms with Crippen molar-refractivity contribution in [3.05, 3.63) is 35.9 Å². The normalized spacial score (nSPS) is 20.4. The number of amides is 2. The van der Waals surface area contributed by atoms with E-state index in [1.54, 1.807) is 31.4 Å². The molecule has 3 heterocycles. The number of nitrogens with one attached hydrogen (secondary N) is 1. The highest BCUT2D eigenvalue weighted by Gasteiger charge is 2.40. The van der Waals surface area contributed by atoms with Crippen LogP contribution in [0.5, 0.6) is 5.75 Å². The third-order valence-corrected chi connectivity index (χ3v) is 5.44. The second-order valence-electron chi connectivity index (χ2n) is 7.19. The van der Waals surface area contributed by atoms with E-state index < -0.39 is 0 Å². The predicted octanol–water partition coefficient (Wildman–Crippen LogP) is 0.816. The number of benzene rings is 1. The maximum Gasteiger partial charge on any atom is 0.293 e. The molecule has 9 heteroatoms. The molecule has 0 spiro atoms. The third-order valence-electron chi connectivity index (χ3n) is 5.44. The fraction of sp³-hybridized carbons (Fsp3) is 0.474. The van der Waals surface area contributed by atoms with Crippen LogP contribution in [0.4, 0.5) is 5.69 Å². The van der Waals surface area contributed by atoms with Gasteiger partial charge in [-0.05, 0) is 36.1 Å². The standard InChI is InChI=1S/C19H23N5O4/c1-27-11-17(25)23-8-12-7-16-21-22-18(24(16)10-13(12)9-23)19(26)20-14-3-5-15(28-2)6-4-14/h3-6,12-13H,7-11H2,1-2H3,(H,20,26)/t12-,13-/m0/s1. The Morgan fingerprint density at radius 3 is 2.57 bits per heavy atom. The summed E-state index contributed by atoms with van der Waals surface area (Å²) in [6, 6.07) is 7.11. The molecule has 4 rings (SSSR count). The number of likely N-dealkylation sites (tertiary alicyclic amines) is 1. The Kier molecular flexibility index (Phi) is 4.99. The zero-order valence-electron chi connectivity index (χ0n) is 15.9. The molecule has 0 radical (unpaired) electrons. The number of hydrogen-bond donors (Lipinski definition) is 1. The van der Waals surface area contributed by atoms with Gasteiger partial charge in [-0.25, -0.2) is 0 Å². The fourth-order valence-electron chi connectivity index (χ4n) is 3.97. The average Bonchev–Trinajstić information content (AvgIpc) is 3.30. The van der Waals surface area contributed by atoms with Gasteiger partial charge in [-0.1, -0.05) is 0 Å². The van der Waals surface area contributed by atoms with Crippen LogP contribution in [0.15, 0.2) is 24.3 Å². The van der Waals surface area contributed by atoms with E-state index in [1.807, 2.05) is 9.47 Å². The topological polar surface area (TPSA) is 98.6 Å².